The van der Waals surface area contributed by atoms with Gasteiger partial charge in [-0.25, -0.2) is 0 Å². The Kier molecular flexibility index (Phi) is 5.74. The standard InChI is InChI=1S/C17H26O2/c1-5-6-12-15(18)17(4,13(2)3)16(19)14-10-8-7-9-11-14/h7-11,13,16,19H,5-6,12H2,1-4H3. The van der Waals surface area contributed by atoms with Gasteiger partial charge in [-0.15, -0.1) is 0 Å². The zero-order chi connectivity index (χ0) is 14.5. The molecule has 1 rings (SSSR count). The van der Waals surface area contributed by atoms with Gasteiger partial charge in [0.15, 0.2) is 0 Å². The fourth-order valence-electron chi connectivity index (χ4n) is 2.38. The van der Waals surface area contributed by atoms with E-state index in [0.717, 1.165) is 18.4 Å². The predicted octanol–water partition coefficient (Wildman–Crippen LogP) is 4.14. The van der Waals surface area contributed by atoms with Crippen molar-refractivity contribution in [2.45, 2.75) is 53.1 Å². The molecule has 2 unspecified atom stereocenters. The average Bonchev–Trinajstić information content (AvgIpc) is 2.43. The Balaban J connectivity index is 3.02. The van der Waals surface area contributed by atoms with E-state index >= 15 is 0 Å². The molecule has 0 saturated carbocycles. The summed E-state index contributed by atoms with van der Waals surface area (Å²) >= 11 is 0. The second-order valence-electron chi connectivity index (χ2n) is 5.78. The minimum Gasteiger partial charge on any atom is -0.387 e. The number of hydrogen-bond acceptors (Lipinski definition) is 2. The molecular weight excluding hydrogens is 236 g/mol. The minimum atomic E-state index is -0.738. The maximum absolute atomic E-state index is 12.5. The molecule has 2 atom stereocenters. The number of rotatable bonds is 7. The van der Waals surface area contributed by atoms with Gasteiger partial charge in [0.25, 0.3) is 0 Å². The number of unbranched alkanes of at least 4 members (excludes halogenated alkanes) is 1. The van der Waals surface area contributed by atoms with Crippen LogP contribution in [0.3, 0.4) is 0 Å². The quantitative estimate of drug-likeness (QED) is 0.801. The van der Waals surface area contributed by atoms with Crippen LogP contribution in [0.25, 0.3) is 0 Å². The molecule has 0 bridgehead atoms. The summed E-state index contributed by atoms with van der Waals surface area (Å²) in [6, 6.07) is 9.49. The summed E-state index contributed by atoms with van der Waals surface area (Å²) in [5, 5.41) is 10.7. The van der Waals surface area contributed by atoms with Crippen molar-refractivity contribution < 1.29 is 9.90 Å². The highest BCUT2D eigenvalue weighted by Crippen LogP contribution is 2.42. The number of carbonyl (C=O) groups excluding carboxylic acids is 1. The van der Waals surface area contributed by atoms with Crippen LogP contribution >= 0.6 is 0 Å². The van der Waals surface area contributed by atoms with Gasteiger partial charge in [0.2, 0.25) is 0 Å². The van der Waals surface area contributed by atoms with E-state index < -0.39 is 11.5 Å². The lowest BCUT2D eigenvalue weighted by molar-refractivity contribution is -0.139. The Morgan fingerprint density at radius 1 is 1.26 bits per heavy atom. The average molecular weight is 262 g/mol. The fourth-order valence-corrected chi connectivity index (χ4v) is 2.38. The zero-order valence-corrected chi connectivity index (χ0v) is 12.5. The summed E-state index contributed by atoms with van der Waals surface area (Å²) in [5.74, 6) is 0.271. The highest BCUT2D eigenvalue weighted by molar-refractivity contribution is 5.85. The van der Waals surface area contributed by atoms with E-state index in [1.54, 1.807) is 0 Å². The van der Waals surface area contributed by atoms with Gasteiger partial charge in [-0.3, -0.25) is 4.79 Å². The Hall–Kier alpha value is -1.15. The van der Waals surface area contributed by atoms with Gasteiger partial charge < -0.3 is 5.11 Å². The van der Waals surface area contributed by atoms with Gasteiger partial charge in [0.05, 0.1) is 11.5 Å². The highest BCUT2D eigenvalue weighted by atomic mass is 16.3. The van der Waals surface area contributed by atoms with Crippen LogP contribution in [0.15, 0.2) is 30.3 Å². The van der Waals surface area contributed by atoms with E-state index in [1.165, 1.54) is 0 Å². The topological polar surface area (TPSA) is 37.3 Å². The second-order valence-corrected chi connectivity index (χ2v) is 5.78. The molecule has 0 spiro atoms. The Bertz CT molecular complexity index is 397. The summed E-state index contributed by atoms with van der Waals surface area (Å²) in [6.45, 7) is 7.99. The van der Waals surface area contributed by atoms with Gasteiger partial charge >= 0.3 is 0 Å². The molecule has 0 aromatic heterocycles. The van der Waals surface area contributed by atoms with Crippen LogP contribution in [0.1, 0.15) is 58.6 Å². The number of benzene rings is 1. The van der Waals surface area contributed by atoms with Crippen molar-refractivity contribution in [3.05, 3.63) is 35.9 Å². The molecule has 1 aromatic rings. The molecule has 106 valence electrons. The monoisotopic (exact) mass is 262 g/mol. The van der Waals surface area contributed by atoms with E-state index in [9.17, 15) is 9.90 Å². The van der Waals surface area contributed by atoms with Gasteiger partial charge in [0.1, 0.15) is 5.78 Å². The number of ketones is 1. The van der Waals surface area contributed by atoms with Crippen LogP contribution in [-0.4, -0.2) is 10.9 Å². The smallest absolute Gasteiger partial charge is 0.141 e. The summed E-state index contributed by atoms with van der Waals surface area (Å²) in [7, 11) is 0. The van der Waals surface area contributed by atoms with Crippen molar-refractivity contribution in [1.82, 2.24) is 0 Å². The summed E-state index contributed by atoms with van der Waals surface area (Å²) in [6.07, 6.45) is 1.71. The number of carbonyl (C=O) groups is 1. The van der Waals surface area contributed by atoms with E-state index in [1.807, 2.05) is 51.1 Å². The van der Waals surface area contributed by atoms with Crippen LogP contribution in [0, 0.1) is 11.3 Å². The third-order valence-electron chi connectivity index (χ3n) is 4.24. The van der Waals surface area contributed by atoms with Crippen molar-refractivity contribution in [2.75, 3.05) is 0 Å². The van der Waals surface area contributed by atoms with E-state index in [0.29, 0.717) is 6.42 Å². The van der Waals surface area contributed by atoms with Crippen molar-refractivity contribution in [1.29, 1.82) is 0 Å². The summed E-state index contributed by atoms with van der Waals surface area (Å²) in [4.78, 5) is 12.5. The molecular formula is C17H26O2. The molecule has 0 saturated heterocycles. The number of hydrogen-bond donors (Lipinski definition) is 1. The van der Waals surface area contributed by atoms with Gasteiger partial charge in [-0.2, -0.15) is 0 Å². The lowest BCUT2D eigenvalue weighted by Crippen LogP contribution is -2.39. The Morgan fingerprint density at radius 3 is 2.32 bits per heavy atom. The second kappa shape index (κ2) is 6.85. The third kappa shape index (κ3) is 3.44. The van der Waals surface area contributed by atoms with Crippen molar-refractivity contribution in [3.8, 4) is 0 Å². The van der Waals surface area contributed by atoms with Crippen LogP contribution < -0.4 is 0 Å². The van der Waals surface area contributed by atoms with E-state index in [4.69, 9.17) is 0 Å². The maximum Gasteiger partial charge on any atom is 0.141 e. The zero-order valence-electron chi connectivity index (χ0n) is 12.5. The largest absolute Gasteiger partial charge is 0.387 e. The number of aliphatic hydroxyl groups is 1. The molecule has 0 aliphatic rings. The Morgan fingerprint density at radius 2 is 1.84 bits per heavy atom. The van der Waals surface area contributed by atoms with E-state index in [2.05, 4.69) is 6.92 Å². The molecule has 19 heavy (non-hydrogen) atoms. The molecule has 2 nitrogen and oxygen atoms in total. The normalized spacial score (nSPS) is 16.1. The lowest BCUT2D eigenvalue weighted by Gasteiger charge is -2.37. The molecule has 2 heteroatoms. The Labute approximate surface area is 116 Å². The fraction of sp³-hybridized carbons (Fsp3) is 0.588. The molecule has 0 heterocycles. The first-order valence-corrected chi connectivity index (χ1v) is 7.20. The van der Waals surface area contributed by atoms with Crippen LogP contribution in [0.5, 0.6) is 0 Å². The molecule has 0 fully saturated rings. The molecule has 0 aliphatic carbocycles. The van der Waals surface area contributed by atoms with Crippen LogP contribution in [0.4, 0.5) is 0 Å². The number of aliphatic hydroxyl groups excluding tert-OH is 1. The minimum absolute atomic E-state index is 0.104. The summed E-state index contributed by atoms with van der Waals surface area (Å²) < 4.78 is 0. The van der Waals surface area contributed by atoms with E-state index in [-0.39, 0.29) is 11.7 Å². The van der Waals surface area contributed by atoms with Crippen molar-refractivity contribution >= 4 is 5.78 Å². The SMILES string of the molecule is CCCCC(=O)C(C)(C(C)C)C(O)c1ccccc1. The van der Waals surface area contributed by atoms with Crippen LogP contribution in [0.2, 0.25) is 0 Å². The van der Waals surface area contributed by atoms with Gasteiger partial charge in [-0.05, 0) is 24.8 Å². The highest BCUT2D eigenvalue weighted by Gasteiger charge is 2.42. The first-order valence-electron chi connectivity index (χ1n) is 7.20. The van der Waals surface area contributed by atoms with Crippen molar-refractivity contribution in [3.63, 3.8) is 0 Å². The van der Waals surface area contributed by atoms with Gasteiger partial charge in [-0.1, -0.05) is 57.5 Å². The van der Waals surface area contributed by atoms with Gasteiger partial charge in [0, 0.05) is 6.42 Å². The first-order chi connectivity index (χ1) is 8.94. The first kappa shape index (κ1) is 15.9. The molecule has 0 aliphatic heterocycles. The molecule has 0 radical (unpaired) electrons. The van der Waals surface area contributed by atoms with Crippen molar-refractivity contribution in [2.24, 2.45) is 11.3 Å². The summed E-state index contributed by atoms with van der Waals surface area (Å²) in [5.41, 5.74) is 0.111. The predicted molar refractivity (Wildman–Crippen MR) is 78.9 cm³/mol. The molecule has 1 aromatic carbocycles. The number of Topliss-reactive ketones (excluding diaryl/α,β-unsaturated/α-hetero) is 1. The van der Waals surface area contributed by atoms with Crippen LogP contribution in [-0.2, 0) is 4.79 Å². The maximum atomic E-state index is 12.5. The molecule has 0 amide bonds. The molecule has 1 N–H and O–H groups in total. The third-order valence-corrected chi connectivity index (χ3v) is 4.24. The lowest BCUT2D eigenvalue weighted by atomic mass is 9.68.